The van der Waals surface area contributed by atoms with Crippen LogP contribution in [-0.2, 0) is 12.8 Å². The Morgan fingerprint density at radius 2 is 1.80 bits per heavy atom. The molecule has 1 aliphatic carbocycles. The summed E-state index contributed by atoms with van der Waals surface area (Å²) >= 11 is 0. The molecule has 0 spiro atoms. The zero-order valence-electron chi connectivity index (χ0n) is 15.3. The number of anilines is 1. The first kappa shape index (κ1) is 16.5. The number of piperazine rings is 1. The van der Waals surface area contributed by atoms with Crippen molar-refractivity contribution >= 4 is 5.69 Å². The molecule has 1 fully saturated rings. The van der Waals surface area contributed by atoms with E-state index < -0.39 is 0 Å². The maximum absolute atomic E-state index is 5.68. The number of hydrogen-bond donors (Lipinski definition) is 0. The Bertz CT molecular complexity index is 715. The number of nitrogens with zero attached hydrogens (tertiary/aromatic N) is 2. The van der Waals surface area contributed by atoms with Gasteiger partial charge in [-0.1, -0.05) is 37.3 Å². The minimum absolute atomic E-state index is 0.520. The van der Waals surface area contributed by atoms with Crippen molar-refractivity contribution in [2.75, 3.05) is 31.6 Å². The highest BCUT2D eigenvalue weighted by atomic mass is 16.5. The molecule has 0 bridgehead atoms. The summed E-state index contributed by atoms with van der Waals surface area (Å²) < 4.78 is 5.68. The second-order valence-electron chi connectivity index (χ2n) is 7.21. The fourth-order valence-electron chi connectivity index (χ4n) is 4.69. The number of methoxy groups -OCH3 is 1. The molecule has 2 aliphatic rings. The van der Waals surface area contributed by atoms with E-state index in [0.29, 0.717) is 12.1 Å². The zero-order valence-corrected chi connectivity index (χ0v) is 15.3. The Morgan fingerprint density at radius 1 is 0.960 bits per heavy atom. The highest BCUT2D eigenvalue weighted by Gasteiger charge is 2.40. The lowest BCUT2D eigenvalue weighted by molar-refractivity contribution is 0.131. The average molecular weight is 336 g/mol. The van der Waals surface area contributed by atoms with Gasteiger partial charge in [0.05, 0.1) is 7.11 Å². The van der Waals surface area contributed by atoms with Gasteiger partial charge in [-0.05, 0) is 55.1 Å². The number of hydrogen-bond acceptors (Lipinski definition) is 3. The standard InChI is InChI=1S/C22H28N2O/c1-3-12-23-13-14-24(18-9-5-4-6-10-18)21-16-19-17(15-20(21)23)8-7-11-22(19)25-2/h4-11,20-21H,3,12-16H2,1-2H3. The Labute approximate surface area is 151 Å². The van der Waals surface area contributed by atoms with E-state index in [1.165, 1.54) is 29.8 Å². The SMILES string of the molecule is CCCN1CCN(c2ccccc2)C2Cc3c(cccc3OC)CC21. The van der Waals surface area contributed by atoms with E-state index in [2.05, 4.69) is 65.3 Å². The van der Waals surface area contributed by atoms with Gasteiger partial charge in [-0.3, -0.25) is 4.90 Å². The van der Waals surface area contributed by atoms with Crippen molar-refractivity contribution in [2.45, 2.75) is 38.3 Å². The summed E-state index contributed by atoms with van der Waals surface area (Å²) in [5.41, 5.74) is 4.23. The molecule has 1 aliphatic heterocycles. The van der Waals surface area contributed by atoms with Gasteiger partial charge in [-0.15, -0.1) is 0 Å². The maximum Gasteiger partial charge on any atom is 0.122 e. The highest BCUT2D eigenvalue weighted by Crippen LogP contribution is 2.37. The number of benzene rings is 2. The van der Waals surface area contributed by atoms with Crippen LogP contribution in [0.1, 0.15) is 24.5 Å². The van der Waals surface area contributed by atoms with Gasteiger partial charge in [0.2, 0.25) is 0 Å². The van der Waals surface area contributed by atoms with Crippen LogP contribution in [0.3, 0.4) is 0 Å². The summed E-state index contributed by atoms with van der Waals surface area (Å²) in [5.74, 6) is 1.05. The first-order valence-electron chi connectivity index (χ1n) is 9.52. The monoisotopic (exact) mass is 336 g/mol. The topological polar surface area (TPSA) is 15.7 Å². The van der Waals surface area contributed by atoms with E-state index in [1.54, 1.807) is 7.11 Å². The molecule has 3 heteroatoms. The molecule has 2 unspecified atom stereocenters. The number of para-hydroxylation sites is 1. The molecular formula is C22H28N2O. The Balaban J connectivity index is 1.72. The van der Waals surface area contributed by atoms with E-state index in [-0.39, 0.29) is 0 Å². The van der Waals surface area contributed by atoms with Gasteiger partial charge in [-0.25, -0.2) is 0 Å². The highest BCUT2D eigenvalue weighted by molar-refractivity contribution is 5.52. The van der Waals surface area contributed by atoms with E-state index in [1.807, 2.05) is 0 Å². The summed E-state index contributed by atoms with van der Waals surface area (Å²) in [7, 11) is 1.79. The van der Waals surface area contributed by atoms with Crippen molar-refractivity contribution in [1.29, 1.82) is 0 Å². The van der Waals surface area contributed by atoms with Gasteiger partial charge in [0.25, 0.3) is 0 Å². The van der Waals surface area contributed by atoms with Crippen molar-refractivity contribution < 1.29 is 4.74 Å². The average Bonchev–Trinajstić information content (AvgIpc) is 2.67. The lowest BCUT2D eigenvalue weighted by Gasteiger charge is -2.51. The summed E-state index contributed by atoms with van der Waals surface area (Å²) in [4.78, 5) is 5.35. The van der Waals surface area contributed by atoms with E-state index in [0.717, 1.165) is 31.7 Å². The number of ether oxygens (including phenoxy) is 1. The van der Waals surface area contributed by atoms with Gasteiger partial charge >= 0.3 is 0 Å². The van der Waals surface area contributed by atoms with Crippen LogP contribution in [0.15, 0.2) is 48.5 Å². The van der Waals surface area contributed by atoms with Crippen molar-refractivity contribution in [1.82, 2.24) is 4.90 Å². The molecule has 4 rings (SSSR count). The van der Waals surface area contributed by atoms with E-state index in [9.17, 15) is 0 Å². The van der Waals surface area contributed by atoms with Crippen LogP contribution in [-0.4, -0.2) is 43.7 Å². The van der Waals surface area contributed by atoms with Crippen molar-refractivity contribution in [3.8, 4) is 5.75 Å². The van der Waals surface area contributed by atoms with Crippen molar-refractivity contribution in [2.24, 2.45) is 0 Å². The molecule has 1 heterocycles. The van der Waals surface area contributed by atoms with Crippen LogP contribution >= 0.6 is 0 Å². The Hall–Kier alpha value is -2.00. The van der Waals surface area contributed by atoms with Crippen LogP contribution in [0, 0.1) is 0 Å². The van der Waals surface area contributed by atoms with Crippen molar-refractivity contribution in [3.05, 3.63) is 59.7 Å². The van der Waals surface area contributed by atoms with Gasteiger partial charge in [0.15, 0.2) is 0 Å². The fraction of sp³-hybridized carbons (Fsp3) is 0.455. The quantitative estimate of drug-likeness (QED) is 0.845. The first-order chi connectivity index (χ1) is 12.3. The van der Waals surface area contributed by atoms with Crippen LogP contribution in [0.2, 0.25) is 0 Å². The maximum atomic E-state index is 5.68. The zero-order chi connectivity index (χ0) is 17.2. The molecule has 0 saturated carbocycles. The van der Waals surface area contributed by atoms with Crippen LogP contribution in [0.4, 0.5) is 5.69 Å². The van der Waals surface area contributed by atoms with Crippen LogP contribution in [0.25, 0.3) is 0 Å². The van der Waals surface area contributed by atoms with Gasteiger partial charge < -0.3 is 9.64 Å². The fourth-order valence-corrected chi connectivity index (χ4v) is 4.69. The Morgan fingerprint density at radius 3 is 2.56 bits per heavy atom. The summed E-state index contributed by atoms with van der Waals surface area (Å²) in [6.45, 7) is 5.75. The molecule has 3 nitrogen and oxygen atoms in total. The normalized spacial score (nSPS) is 23.0. The molecule has 0 aromatic heterocycles. The van der Waals surface area contributed by atoms with E-state index >= 15 is 0 Å². The second-order valence-corrected chi connectivity index (χ2v) is 7.21. The molecule has 132 valence electrons. The Kier molecular flexibility index (Phi) is 4.67. The largest absolute Gasteiger partial charge is 0.496 e. The molecular weight excluding hydrogens is 308 g/mol. The minimum Gasteiger partial charge on any atom is -0.496 e. The smallest absolute Gasteiger partial charge is 0.122 e. The molecule has 2 aromatic rings. The van der Waals surface area contributed by atoms with Crippen molar-refractivity contribution in [3.63, 3.8) is 0 Å². The lowest BCUT2D eigenvalue weighted by Crippen LogP contribution is -2.62. The molecule has 0 N–H and O–H groups in total. The van der Waals surface area contributed by atoms with Gasteiger partial charge in [0, 0.05) is 30.9 Å². The third-order valence-corrected chi connectivity index (χ3v) is 5.83. The lowest BCUT2D eigenvalue weighted by atomic mass is 9.81. The molecule has 0 amide bonds. The number of fused-ring (bicyclic) bond motifs is 2. The van der Waals surface area contributed by atoms with Gasteiger partial charge in [-0.2, -0.15) is 0 Å². The predicted molar refractivity (Wildman–Crippen MR) is 104 cm³/mol. The van der Waals surface area contributed by atoms with Crippen LogP contribution < -0.4 is 9.64 Å². The molecule has 2 atom stereocenters. The number of rotatable bonds is 4. The molecule has 0 radical (unpaired) electrons. The molecule has 25 heavy (non-hydrogen) atoms. The first-order valence-corrected chi connectivity index (χ1v) is 9.52. The minimum atomic E-state index is 0.520. The molecule has 2 aromatic carbocycles. The third kappa shape index (κ3) is 3.02. The third-order valence-electron chi connectivity index (χ3n) is 5.83. The van der Waals surface area contributed by atoms with E-state index in [4.69, 9.17) is 4.74 Å². The summed E-state index contributed by atoms with van der Waals surface area (Å²) in [5, 5.41) is 0. The summed E-state index contributed by atoms with van der Waals surface area (Å²) in [6, 6.07) is 18.6. The predicted octanol–water partition coefficient (Wildman–Crippen LogP) is 3.76. The summed E-state index contributed by atoms with van der Waals surface area (Å²) in [6.07, 6.45) is 3.42. The second kappa shape index (κ2) is 7.09. The molecule has 1 saturated heterocycles. The van der Waals surface area contributed by atoms with Gasteiger partial charge in [0.1, 0.15) is 5.75 Å². The van der Waals surface area contributed by atoms with Crippen LogP contribution in [0.5, 0.6) is 5.75 Å².